The molecular formula is C19H28N6O3. The Morgan fingerprint density at radius 1 is 1.21 bits per heavy atom. The molecule has 0 bridgehead atoms. The molecule has 2 aromatic rings. The van der Waals surface area contributed by atoms with Crippen LogP contribution in [0, 0.1) is 5.92 Å². The Hall–Kier alpha value is -2.23. The van der Waals surface area contributed by atoms with Gasteiger partial charge in [0.25, 0.3) is 0 Å². The predicted octanol–water partition coefficient (Wildman–Crippen LogP) is -0.190. The molecule has 2 aliphatic rings. The van der Waals surface area contributed by atoms with E-state index in [0.717, 1.165) is 24.5 Å². The third-order valence-electron chi connectivity index (χ3n) is 5.68. The maximum Gasteiger partial charge on any atom is 0.223 e. The molecule has 28 heavy (non-hydrogen) atoms. The van der Waals surface area contributed by atoms with Crippen LogP contribution in [0.25, 0.3) is 0 Å². The van der Waals surface area contributed by atoms with Crippen molar-refractivity contribution in [3.05, 3.63) is 36.4 Å². The van der Waals surface area contributed by atoms with E-state index in [1.807, 2.05) is 35.6 Å². The topological polar surface area (TPSA) is 97.4 Å². The monoisotopic (exact) mass is 388 g/mol. The highest BCUT2D eigenvalue weighted by Gasteiger charge is 2.40. The Morgan fingerprint density at radius 2 is 1.82 bits per heavy atom. The molecule has 1 saturated heterocycles. The molecule has 9 heteroatoms. The molecule has 3 atom stereocenters. The molecule has 2 fully saturated rings. The van der Waals surface area contributed by atoms with Crippen LogP contribution in [0.5, 0.6) is 0 Å². The van der Waals surface area contributed by atoms with Crippen LogP contribution in [0.3, 0.4) is 0 Å². The van der Waals surface area contributed by atoms with Crippen LogP contribution in [0.15, 0.2) is 24.8 Å². The molecular weight excluding hydrogens is 360 g/mol. The van der Waals surface area contributed by atoms with Crippen molar-refractivity contribution in [2.75, 3.05) is 13.2 Å². The van der Waals surface area contributed by atoms with Gasteiger partial charge in [0.05, 0.1) is 31.8 Å². The molecule has 1 aliphatic heterocycles. The molecule has 0 aromatic carbocycles. The fourth-order valence-corrected chi connectivity index (χ4v) is 3.61. The molecule has 2 N–H and O–H groups in total. The predicted molar refractivity (Wildman–Crippen MR) is 101 cm³/mol. The second kappa shape index (κ2) is 8.02. The lowest BCUT2D eigenvalue weighted by Crippen LogP contribution is -2.47. The number of rotatable bonds is 8. The number of aromatic nitrogens is 4. The number of aliphatic hydroxyl groups is 1. The van der Waals surface area contributed by atoms with Crippen LogP contribution in [0.2, 0.25) is 0 Å². The van der Waals surface area contributed by atoms with E-state index in [4.69, 9.17) is 4.74 Å². The number of nitrogens with one attached hydrogen (secondary N) is 1. The van der Waals surface area contributed by atoms with Crippen LogP contribution >= 0.6 is 0 Å². The Labute approximate surface area is 164 Å². The lowest BCUT2D eigenvalue weighted by atomic mass is 10.1. The molecule has 1 saturated carbocycles. The second-order valence-electron chi connectivity index (χ2n) is 7.76. The van der Waals surface area contributed by atoms with Crippen molar-refractivity contribution < 1.29 is 14.6 Å². The van der Waals surface area contributed by atoms with Crippen molar-refractivity contribution in [1.82, 2.24) is 29.3 Å². The molecule has 4 rings (SSSR count). The number of imidazole rings is 2. The minimum atomic E-state index is -0.694. The van der Waals surface area contributed by atoms with Crippen molar-refractivity contribution in [2.24, 2.45) is 20.0 Å². The highest BCUT2D eigenvalue weighted by atomic mass is 16.5. The Bertz CT molecular complexity index is 772. The third kappa shape index (κ3) is 4.11. The van der Waals surface area contributed by atoms with Crippen LogP contribution in [-0.4, -0.2) is 66.4 Å². The summed E-state index contributed by atoms with van der Waals surface area (Å²) in [6.45, 7) is 1.89. The van der Waals surface area contributed by atoms with E-state index in [1.54, 1.807) is 12.4 Å². The Morgan fingerprint density at radius 3 is 2.32 bits per heavy atom. The molecule has 2 aromatic heterocycles. The normalized spacial score (nSPS) is 24.8. The Balaban J connectivity index is 1.44. The van der Waals surface area contributed by atoms with Gasteiger partial charge in [-0.2, -0.15) is 0 Å². The van der Waals surface area contributed by atoms with Gasteiger partial charge in [-0.25, -0.2) is 9.97 Å². The number of aliphatic hydroxyl groups excluding tert-OH is 1. The van der Waals surface area contributed by atoms with Crippen LogP contribution < -0.4 is 5.32 Å². The number of ether oxygens (including phenoxy) is 1. The molecule has 1 aliphatic carbocycles. The summed E-state index contributed by atoms with van der Waals surface area (Å²) < 4.78 is 9.79. The van der Waals surface area contributed by atoms with Gasteiger partial charge in [-0.3, -0.25) is 9.69 Å². The van der Waals surface area contributed by atoms with Crippen molar-refractivity contribution in [3.63, 3.8) is 0 Å². The van der Waals surface area contributed by atoms with E-state index in [2.05, 4.69) is 20.2 Å². The fraction of sp³-hybridized carbons (Fsp3) is 0.632. The summed E-state index contributed by atoms with van der Waals surface area (Å²) in [5.74, 6) is 2.04. The van der Waals surface area contributed by atoms with Gasteiger partial charge in [-0.1, -0.05) is 0 Å². The third-order valence-corrected chi connectivity index (χ3v) is 5.68. The van der Waals surface area contributed by atoms with Crippen molar-refractivity contribution in [1.29, 1.82) is 0 Å². The molecule has 1 amide bonds. The minimum absolute atomic E-state index is 0.0668. The lowest BCUT2D eigenvalue weighted by molar-refractivity contribution is -0.123. The maximum absolute atomic E-state index is 11.9. The van der Waals surface area contributed by atoms with Gasteiger partial charge in [0.15, 0.2) is 0 Å². The summed E-state index contributed by atoms with van der Waals surface area (Å²) in [4.78, 5) is 22.9. The minimum Gasteiger partial charge on any atom is -0.389 e. The van der Waals surface area contributed by atoms with E-state index < -0.39 is 12.2 Å². The first-order valence-corrected chi connectivity index (χ1v) is 9.76. The lowest BCUT2D eigenvalue weighted by Gasteiger charge is -2.30. The summed E-state index contributed by atoms with van der Waals surface area (Å²) >= 11 is 0. The molecule has 3 heterocycles. The van der Waals surface area contributed by atoms with Gasteiger partial charge in [-0.05, 0) is 12.8 Å². The molecule has 152 valence electrons. The van der Waals surface area contributed by atoms with Crippen LogP contribution in [0.4, 0.5) is 0 Å². The number of hydrogen-bond donors (Lipinski definition) is 2. The zero-order valence-corrected chi connectivity index (χ0v) is 16.4. The largest absolute Gasteiger partial charge is 0.389 e. The number of nitrogens with zero attached hydrogens (tertiary/aromatic N) is 5. The van der Waals surface area contributed by atoms with Crippen molar-refractivity contribution in [2.45, 2.75) is 44.2 Å². The van der Waals surface area contributed by atoms with Crippen LogP contribution in [0.1, 0.15) is 24.5 Å². The average molecular weight is 388 g/mol. The quantitative estimate of drug-likeness (QED) is 0.651. The number of carbonyl (C=O) groups excluding carboxylic acids is 1. The molecule has 0 spiro atoms. The maximum atomic E-state index is 11.9. The van der Waals surface area contributed by atoms with Crippen LogP contribution in [-0.2, 0) is 36.7 Å². The van der Waals surface area contributed by atoms with Gasteiger partial charge in [-0.15, -0.1) is 0 Å². The zero-order chi connectivity index (χ0) is 19.7. The van der Waals surface area contributed by atoms with E-state index >= 15 is 0 Å². The smallest absolute Gasteiger partial charge is 0.223 e. The number of carbonyl (C=O) groups is 1. The van der Waals surface area contributed by atoms with E-state index in [1.165, 1.54) is 0 Å². The first-order valence-electron chi connectivity index (χ1n) is 9.76. The summed E-state index contributed by atoms with van der Waals surface area (Å²) in [6.07, 6.45) is 8.18. The summed E-state index contributed by atoms with van der Waals surface area (Å²) in [6, 6.07) is -0.198. The average Bonchev–Trinajstić information content (AvgIpc) is 3.20. The van der Waals surface area contributed by atoms with Gasteiger partial charge in [0.2, 0.25) is 5.91 Å². The van der Waals surface area contributed by atoms with E-state index in [-0.39, 0.29) is 17.9 Å². The summed E-state index contributed by atoms with van der Waals surface area (Å²) in [7, 11) is 3.91. The summed E-state index contributed by atoms with van der Waals surface area (Å²) in [5.41, 5.74) is 0. The van der Waals surface area contributed by atoms with Gasteiger partial charge in [0, 0.05) is 51.3 Å². The number of aryl methyl sites for hydroxylation is 2. The highest BCUT2D eigenvalue weighted by Crippen LogP contribution is 2.29. The first-order chi connectivity index (χ1) is 13.5. The zero-order valence-electron chi connectivity index (χ0n) is 16.4. The van der Waals surface area contributed by atoms with Gasteiger partial charge in [0.1, 0.15) is 17.8 Å². The first kappa shape index (κ1) is 19.1. The number of amides is 1. The molecule has 9 nitrogen and oxygen atoms in total. The van der Waals surface area contributed by atoms with E-state index in [0.29, 0.717) is 26.2 Å². The van der Waals surface area contributed by atoms with Crippen molar-refractivity contribution >= 4 is 5.91 Å². The van der Waals surface area contributed by atoms with Gasteiger partial charge < -0.3 is 24.3 Å². The molecule has 3 unspecified atom stereocenters. The van der Waals surface area contributed by atoms with Gasteiger partial charge >= 0.3 is 0 Å². The highest BCUT2D eigenvalue weighted by molar-refractivity contribution is 5.80. The fourth-order valence-electron chi connectivity index (χ4n) is 3.61. The standard InChI is InChI=1S/C19H28N6O3/c1-23-7-5-20-16(23)10-25(11-17-21-6-8-24(17)2)14-12-28-15(18(14)26)9-22-19(27)13-3-4-13/h5-8,13-15,18,26H,3-4,9-12H2,1-2H3,(H,22,27). The number of hydrogen-bond acceptors (Lipinski definition) is 6. The SMILES string of the molecule is Cn1ccnc1CN(Cc1nccn1C)C1COC(CNC(=O)C2CC2)C1O. The second-order valence-corrected chi connectivity index (χ2v) is 7.76. The summed E-state index contributed by atoms with van der Waals surface area (Å²) in [5, 5.41) is 13.8. The van der Waals surface area contributed by atoms with Crippen molar-refractivity contribution in [3.8, 4) is 0 Å². The Kier molecular flexibility index (Phi) is 5.47. The van der Waals surface area contributed by atoms with E-state index in [9.17, 15) is 9.90 Å². The molecule has 0 radical (unpaired) electrons.